The van der Waals surface area contributed by atoms with E-state index >= 15 is 0 Å². The summed E-state index contributed by atoms with van der Waals surface area (Å²) >= 11 is 0. The van der Waals surface area contributed by atoms with Gasteiger partial charge in [-0.3, -0.25) is 19.8 Å². The molecule has 1 aliphatic heterocycles. The van der Waals surface area contributed by atoms with Crippen molar-refractivity contribution in [2.24, 2.45) is 0 Å². The molecule has 1 aromatic carbocycles. The molecule has 170 valence electrons. The van der Waals surface area contributed by atoms with Crippen molar-refractivity contribution in [3.05, 3.63) is 47.8 Å². The number of aromatic amines is 1. The van der Waals surface area contributed by atoms with Gasteiger partial charge in [-0.25, -0.2) is 4.79 Å². The Balaban J connectivity index is 1.45. The van der Waals surface area contributed by atoms with Crippen molar-refractivity contribution in [2.45, 2.75) is 32.3 Å². The molecule has 2 amide bonds. The first-order valence-electron chi connectivity index (χ1n) is 11.0. The highest BCUT2D eigenvalue weighted by Crippen LogP contribution is 2.40. The number of hydrogen-bond acceptors (Lipinski definition) is 6. The first-order valence-corrected chi connectivity index (χ1v) is 11.0. The Morgan fingerprint density at radius 1 is 1.30 bits per heavy atom. The van der Waals surface area contributed by atoms with Crippen LogP contribution in [0, 0.1) is 0 Å². The number of methoxy groups -OCH3 is 1. The molecule has 2 N–H and O–H groups in total. The summed E-state index contributed by atoms with van der Waals surface area (Å²) in [6.07, 6.45) is 5.40. The number of rotatable bonds is 5. The zero-order valence-electron chi connectivity index (χ0n) is 18.6. The molecule has 1 unspecified atom stereocenters. The lowest BCUT2D eigenvalue weighted by Gasteiger charge is -2.16. The fraction of sp³-hybridized carbons (Fsp3) is 0.333. The van der Waals surface area contributed by atoms with Gasteiger partial charge in [-0.05, 0) is 43.0 Å². The number of nitrogens with one attached hydrogen (secondary N) is 2. The molecule has 0 saturated carbocycles. The summed E-state index contributed by atoms with van der Waals surface area (Å²) in [5.41, 5.74) is 6.97. The zero-order valence-corrected chi connectivity index (χ0v) is 18.6. The maximum absolute atomic E-state index is 12.4. The molecule has 1 fully saturated rings. The molecule has 9 heteroatoms. The molecule has 0 bridgehead atoms. The monoisotopic (exact) mass is 447 g/mol. The van der Waals surface area contributed by atoms with Gasteiger partial charge in [-0.15, -0.1) is 0 Å². The minimum absolute atomic E-state index is 0.145. The van der Waals surface area contributed by atoms with Gasteiger partial charge in [0.1, 0.15) is 11.9 Å². The van der Waals surface area contributed by atoms with Gasteiger partial charge in [0.15, 0.2) is 0 Å². The lowest BCUT2D eigenvalue weighted by Crippen LogP contribution is -2.33. The van der Waals surface area contributed by atoms with Gasteiger partial charge < -0.3 is 14.8 Å². The summed E-state index contributed by atoms with van der Waals surface area (Å²) in [6.45, 7) is 2.15. The number of pyridine rings is 1. The second-order valence-electron chi connectivity index (χ2n) is 8.25. The van der Waals surface area contributed by atoms with E-state index in [-0.39, 0.29) is 12.0 Å². The Morgan fingerprint density at radius 2 is 2.18 bits per heavy atom. The van der Waals surface area contributed by atoms with Crippen LogP contribution in [0.3, 0.4) is 0 Å². The van der Waals surface area contributed by atoms with E-state index in [0.717, 1.165) is 58.6 Å². The average Bonchev–Trinajstić information content (AvgIpc) is 3.35. The number of carbonyl (C=O) groups excluding carboxylic acids is 2. The zero-order chi connectivity index (χ0) is 22.9. The summed E-state index contributed by atoms with van der Waals surface area (Å²) < 4.78 is 10.9. The molecule has 1 aliphatic carbocycles. The van der Waals surface area contributed by atoms with Crippen LogP contribution in [0.4, 0.5) is 10.5 Å². The van der Waals surface area contributed by atoms with Gasteiger partial charge in [0.05, 0.1) is 37.8 Å². The second kappa shape index (κ2) is 8.57. The van der Waals surface area contributed by atoms with Crippen molar-refractivity contribution >= 4 is 17.7 Å². The first-order chi connectivity index (χ1) is 16.0. The van der Waals surface area contributed by atoms with Gasteiger partial charge in [-0.1, -0.05) is 6.07 Å². The van der Waals surface area contributed by atoms with Crippen LogP contribution in [0.15, 0.2) is 36.7 Å². The fourth-order valence-corrected chi connectivity index (χ4v) is 4.54. The van der Waals surface area contributed by atoms with E-state index in [2.05, 4.69) is 26.6 Å². The minimum atomic E-state index is -0.395. The maximum atomic E-state index is 12.4. The number of fused-ring (bicyclic) bond motifs is 3. The fourth-order valence-electron chi connectivity index (χ4n) is 4.54. The van der Waals surface area contributed by atoms with Crippen molar-refractivity contribution in [1.82, 2.24) is 20.5 Å². The smallest absolute Gasteiger partial charge is 0.414 e. The standard InChI is InChI=1S/C24H25N5O4/c1-14(30)26-11-17-13-29(24(31)33-17)16-6-7-18-15(10-16)4-3-5-20-22(18)27-28-23(20)19-8-9-25-12-21(19)32-2/h6-10,12,17H,3-5,11,13H2,1-2H3,(H,26,30)(H,27,28). The van der Waals surface area contributed by atoms with Gasteiger partial charge in [0.25, 0.3) is 0 Å². The number of benzene rings is 1. The average molecular weight is 447 g/mol. The summed E-state index contributed by atoms with van der Waals surface area (Å²) in [7, 11) is 1.63. The minimum Gasteiger partial charge on any atom is -0.494 e. The number of hydrogen-bond donors (Lipinski definition) is 2. The highest BCUT2D eigenvalue weighted by molar-refractivity contribution is 5.91. The van der Waals surface area contributed by atoms with E-state index in [1.54, 1.807) is 24.4 Å². The Kier molecular flexibility index (Phi) is 5.45. The quantitative estimate of drug-likeness (QED) is 0.622. The van der Waals surface area contributed by atoms with Crippen molar-refractivity contribution in [3.8, 4) is 28.3 Å². The molecule has 2 aliphatic rings. The molecule has 3 aromatic rings. The topological polar surface area (TPSA) is 109 Å². The van der Waals surface area contributed by atoms with Crippen LogP contribution >= 0.6 is 0 Å². The molecule has 1 saturated heterocycles. The maximum Gasteiger partial charge on any atom is 0.414 e. The number of aromatic nitrogens is 3. The molecule has 3 heterocycles. The molecule has 5 rings (SSSR count). The van der Waals surface area contributed by atoms with E-state index in [0.29, 0.717) is 18.8 Å². The third-order valence-electron chi connectivity index (χ3n) is 6.12. The number of ether oxygens (including phenoxy) is 2. The van der Waals surface area contributed by atoms with Crippen molar-refractivity contribution in [1.29, 1.82) is 0 Å². The highest BCUT2D eigenvalue weighted by atomic mass is 16.6. The van der Waals surface area contributed by atoms with E-state index in [1.807, 2.05) is 18.2 Å². The van der Waals surface area contributed by atoms with Gasteiger partial charge in [0, 0.05) is 35.5 Å². The number of H-pyrrole nitrogens is 1. The van der Waals surface area contributed by atoms with Crippen LogP contribution in [-0.4, -0.2) is 53.5 Å². The van der Waals surface area contributed by atoms with Gasteiger partial charge in [-0.2, -0.15) is 5.10 Å². The molecule has 2 aromatic heterocycles. The molecule has 33 heavy (non-hydrogen) atoms. The lowest BCUT2D eigenvalue weighted by atomic mass is 9.99. The SMILES string of the molecule is COc1cnccc1-c1n[nH]c2c1CCCc1cc(N3CC(CNC(C)=O)OC3=O)ccc1-2. The lowest BCUT2D eigenvalue weighted by molar-refractivity contribution is -0.119. The van der Waals surface area contributed by atoms with Gasteiger partial charge >= 0.3 is 6.09 Å². The predicted molar refractivity (Wildman–Crippen MR) is 122 cm³/mol. The van der Waals surface area contributed by atoms with Crippen LogP contribution in [0.5, 0.6) is 5.75 Å². The summed E-state index contributed by atoms with van der Waals surface area (Å²) in [5.74, 6) is 0.543. The van der Waals surface area contributed by atoms with Crippen molar-refractivity contribution in [3.63, 3.8) is 0 Å². The first kappa shape index (κ1) is 21.0. The van der Waals surface area contributed by atoms with E-state index < -0.39 is 6.09 Å². The van der Waals surface area contributed by atoms with Crippen LogP contribution in [-0.2, 0) is 22.4 Å². The molecule has 0 spiro atoms. The normalized spacial score (nSPS) is 17.1. The molecule has 9 nitrogen and oxygen atoms in total. The Morgan fingerprint density at radius 3 is 3.00 bits per heavy atom. The van der Waals surface area contributed by atoms with Gasteiger partial charge in [0.2, 0.25) is 5.91 Å². The summed E-state index contributed by atoms with van der Waals surface area (Å²) in [6, 6.07) is 7.94. The second-order valence-corrected chi connectivity index (χ2v) is 8.25. The number of aryl methyl sites for hydroxylation is 1. The Labute approximate surface area is 191 Å². The largest absolute Gasteiger partial charge is 0.494 e. The van der Waals surface area contributed by atoms with E-state index in [9.17, 15) is 9.59 Å². The summed E-state index contributed by atoms with van der Waals surface area (Å²) in [4.78, 5) is 29.4. The number of amides is 2. The third-order valence-corrected chi connectivity index (χ3v) is 6.12. The molecule has 0 radical (unpaired) electrons. The number of anilines is 1. The Hall–Kier alpha value is -3.88. The van der Waals surface area contributed by atoms with E-state index in [4.69, 9.17) is 9.47 Å². The number of cyclic esters (lactones) is 1. The number of carbonyl (C=O) groups is 2. The van der Waals surface area contributed by atoms with E-state index in [1.165, 1.54) is 6.92 Å². The highest BCUT2D eigenvalue weighted by Gasteiger charge is 2.33. The van der Waals surface area contributed by atoms with Crippen molar-refractivity contribution in [2.75, 3.05) is 25.1 Å². The van der Waals surface area contributed by atoms with Crippen LogP contribution in [0.25, 0.3) is 22.5 Å². The predicted octanol–water partition coefficient (Wildman–Crippen LogP) is 3.10. The molecular formula is C24H25N5O4. The Bertz CT molecular complexity index is 1220. The molecular weight excluding hydrogens is 422 g/mol. The van der Waals surface area contributed by atoms with Crippen LogP contribution in [0.2, 0.25) is 0 Å². The van der Waals surface area contributed by atoms with Crippen molar-refractivity contribution < 1.29 is 19.1 Å². The molecule has 1 atom stereocenters. The van der Waals surface area contributed by atoms with Crippen LogP contribution in [0.1, 0.15) is 24.5 Å². The summed E-state index contributed by atoms with van der Waals surface area (Å²) in [5, 5.41) is 10.6. The third kappa shape index (κ3) is 3.90. The number of nitrogens with zero attached hydrogens (tertiary/aromatic N) is 3. The van der Waals surface area contributed by atoms with Crippen LogP contribution < -0.4 is 15.0 Å².